The summed E-state index contributed by atoms with van der Waals surface area (Å²) in [6.07, 6.45) is -3.82. The third-order valence-electron chi connectivity index (χ3n) is 4.43. The van der Waals surface area contributed by atoms with Crippen LogP contribution in [0.3, 0.4) is 0 Å². The van der Waals surface area contributed by atoms with Crippen molar-refractivity contribution in [2.24, 2.45) is 0 Å². The molecule has 0 aliphatic heterocycles. The Morgan fingerprint density at radius 3 is 2.13 bits per heavy atom. The second kappa shape index (κ2) is 8.22. The molecule has 1 heterocycles. The Hall–Kier alpha value is -3.29. The first-order valence-corrected chi connectivity index (χ1v) is 9.30. The number of methoxy groups -OCH3 is 1. The zero-order valence-electron chi connectivity index (χ0n) is 17.1. The molecule has 0 radical (unpaired) electrons. The lowest BCUT2D eigenvalue weighted by Crippen LogP contribution is -2.16. The van der Waals surface area contributed by atoms with Crippen molar-refractivity contribution in [1.29, 1.82) is 0 Å². The highest BCUT2D eigenvalue weighted by molar-refractivity contribution is 5.66. The van der Waals surface area contributed by atoms with E-state index in [2.05, 4.69) is 20.6 Å². The average Bonchev–Trinajstić information content (AvgIpc) is 2.67. The van der Waals surface area contributed by atoms with E-state index in [1.807, 2.05) is 32.9 Å². The van der Waals surface area contributed by atoms with Crippen molar-refractivity contribution >= 4 is 23.1 Å². The van der Waals surface area contributed by atoms with Gasteiger partial charge in [0, 0.05) is 17.6 Å². The zero-order chi connectivity index (χ0) is 21.9. The van der Waals surface area contributed by atoms with E-state index in [1.165, 1.54) is 0 Å². The van der Waals surface area contributed by atoms with E-state index >= 15 is 0 Å². The molecule has 30 heavy (non-hydrogen) atoms. The number of benzene rings is 2. The summed E-state index contributed by atoms with van der Waals surface area (Å²) < 4.78 is 45.8. The Balaban J connectivity index is 1.98. The summed E-state index contributed by atoms with van der Waals surface area (Å²) in [4.78, 5) is 7.95. The maximum absolute atomic E-state index is 13.6. The number of rotatable bonds is 5. The van der Waals surface area contributed by atoms with Crippen molar-refractivity contribution in [2.75, 3.05) is 17.7 Å². The molecule has 0 bridgehead atoms. The van der Waals surface area contributed by atoms with Gasteiger partial charge in [0.1, 0.15) is 17.1 Å². The van der Waals surface area contributed by atoms with Gasteiger partial charge in [-0.05, 0) is 41.3 Å². The summed E-state index contributed by atoms with van der Waals surface area (Å²) in [5, 5.41) is 5.79. The van der Waals surface area contributed by atoms with Crippen LogP contribution in [0.25, 0.3) is 0 Å². The molecule has 158 valence electrons. The van der Waals surface area contributed by atoms with Gasteiger partial charge in [0.05, 0.1) is 7.11 Å². The fraction of sp³-hybridized carbons (Fsp3) is 0.273. The van der Waals surface area contributed by atoms with Crippen molar-refractivity contribution < 1.29 is 17.9 Å². The van der Waals surface area contributed by atoms with Crippen LogP contribution < -0.4 is 15.4 Å². The van der Waals surface area contributed by atoms with Crippen LogP contribution in [0.2, 0.25) is 0 Å². The second-order valence-electron chi connectivity index (χ2n) is 7.73. The number of aromatic nitrogens is 2. The van der Waals surface area contributed by atoms with Crippen LogP contribution in [0.1, 0.15) is 31.9 Å². The van der Waals surface area contributed by atoms with Crippen molar-refractivity contribution in [3.63, 3.8) is 0 Å². The topological polar surface area (TPSA) is 59.1 Å². The van der Waals surface area contributed by atoms with Crippen LogP contribution in [0.4, 0.5) is 36.3 Å². The molecule has 0 spiro atoms. The quantitative estimate of drug-likeness (QED) is 0.512. The Bertz CT molecular complexity index is 1010. The fourth-order valence-electron chi connectivity index (χ4n) is 2.92. The highest BCUT2D eigenvalue weighted by Crippen LogP contribution is 2.37. The lowest BCUT2D eigenvalue weighted by atomic mass is 9.86. The Labute approximate surface area is 173 Å². The van der Waals surface area contributed by atoms with Crippen LogP contribution in [-0.4, -0.2) is 17.1 Å². The molecule has 1 aromatic heterocycles. The summed E-state index contributed by atoms with van der Waals surface area (Å²) in [7, 11) is 1.55. The van der Waals surface area contributed by atoms with Crippen molar-refractivity contribution in [3.05, 3.63) is 65.9 Å². The normalized spacial score (nSPS) is 11.8. The van der Waals surface area contributed by atoms with Gasteiger partial charge in [-0.3, -0.25) is 0 Å². The molecule has 0 atom stereocenters. The molecule has 0 fully saturated rings. The van der Waals surface area contributed by atoms with Gasteiger partial charge in [0.15, 0.2) is 0 Å². The molecule has 3 aromatic rings. The SMILES string of the molecule is COc1ccc(Nc2ncc(C(F)(F)F)c(Nc3ccccc3C(C)(C)C)n2)cc1. The minimum absolute atomic E-state index is 0.0453. The first kappa shape index (κ1) is 21.4. The number of nitrogens with one attached hydrogen (secondary N) is 2. The molecule has 0 saturated heterocycles. The summed E-state index contributed by atoms with van der Waals surface area (Å²) in [5.74, 6) is 0.393. The van der Waals surface area contributed by atoms with Crippen molar-refractivity contribution in [1.82, 2.24) is 9.97 Å². The number of nitrogens with zero attached hydrogens (tertiary/aromatic N) is 2. The van der Waals surface area contributed by atoms with Gasteiger partial charge in [0.2, 0.25) is 5.95 Å². The Morgan fingerprint density at radius 1 is 0.867 bits per heavy atom. The van der Waals surface area contributed by atoms with Crippen LogP contribution in [0, 0.1) is 0 Å². The van der Waals surface area contributed by atoms with E-state index in [0.29, 0.717) is 17.1 Å². The maximum atomic E-state index is 13.6. The minimum Gasteiger partial charge on any atom is -0.497 e. The maximum Gasteiger partial charge on any atom is 0.421 e. The molecule has 0 aliphatic carbocycles. The van der Waals surface area contributed by atoms with Gasteiger partial charge < -0.3 is 15.4 Å². The lowest BCUT2D eigenvalue weighted by molar-refractivity contribution is -0.137. The summed E-state index contributed by atoms with van der Waals surface area (Å²) in [6.45, 7) is 5.98. The predicted octanol–water partition coefficient (Wildman–Crippen LogP) is 6.29. The molecule has 3 rings (SSSR count). The number of anilines is 4. The third-order valence-corrected chi connectivity index (χ3v) is 4.43. The van der Waals surface area contributed by atoms with E-state index in [1.54, 1.807) is 43.5 Å². The van der Waals surface area contributed by atoms with E-state index in [0.717, 1.165) is 11.8 Å². The smallest absolute Gasteiger partial charge is 0.421 e. The molecule has 0 amide bonds. The van der Waals surface area contributed by atoms with Crippen LogP contribution in [-0.2, 0) is 11.6 Å². The predicted molar refractivity (Wildman–Crippen MR) is 112 cm³/mol. The fourth-order valence-corrected chi connectivity index (χ4v) is 2.92. The zero-order valence-corrected chi connectivity index (χ0v) is 17.1. The number of ether oxygens (including phenoxy) is 1. The number of halogens is 3. The van der Waals surface area contributed by atoms with E-state index in [4.69, 9.17) is 4.74 Å². The number of hydrogen-bond donors (Lipinski definition) is 2. The highest BCUT2D eigenvalue weighted by Gasteiger charge is 2.35. The largest absolute Gasteiger partial charge is 0.497 e. The number of hydrogen-bond acceptors (Lipinski definition) is 5. The van der Waals surface area contributed by atoms with Gasteiger partial charge in [0.25, 0.3) is 0 Å². The molecule has 5 nitrogen and oxygen atoms in total. The third kappa shape index (κ3) is 5.00. The second-order valence-corrected chi connectivity index (χ2v) is 7.73. The number of para-hydroxylation sites is 1. The standard InChI is InChI=1S/C22H23F3N4O/c1-21(2,3)16-7-5-6-8-18(16)28-19-17(22(23,24)25)13-26-20(29-19)27-14-9-11-15(30-4)12-10-14/h5-13H,1-4H3,(H2,26,27,28,29). The van der Waals surface area contributed by atoms with Gasteiger partial charge >= 0.3 is 6.18 Å². The number of alkyl halides is 3. The molecular weight excluding hydrogens is 393 g/mol. The minimum atomic E-state index is -4.60. The molecule has 2 N–H and O–H groups in total. The molecule has 8 heteroatoms. The van der Waals surface area contributed by atoms with Crippen LogP contribution in [0.5, 0.6) is 5.75 Å². The molecule has 2 aromatic carbocycles. The van der Waals surface area contributed by atoms with Crippen molar-refractivity contribution in [2.45, 2.75) is 32.4 Å². The molecule has 0 aliphatic rings. The van der Waals surface area contributed by atoms with Gasteiger partial charge in [-0.25, -0.2) is 4.98 Å². The van der Waals surface area contributed by atoms with E-state index < -0.39 is 11.7 Å². The van der Waals surface area contributed by atoms with Crippen LogP contribution in [0.15, 0.2) is 54.7 Å². The molecule has 0 saturated carbocycles. The average molecular weight is 416 g/mol. The first-order valence-electron chi connectivity index (χ1n) is 9.30. The highest BCUT2D eigenvalue weighted by atomic mass is 19.4. The summed E-state index contributed by atoms with van der Waals surface area (Å²) >= 11 is 0. The lowest BCUT2D eigenvalue weighted by Gasteiger charge is -2.24. The van der Waals surface area contributed by atoms with Gasteiger partial charge in [-0.1, -0.05) is 39.0 Å². The summed E-state index contributed by atoms with van der Waals surface area (Å²) in [6, 6.07) is 14.1. The first-order chi connectivity index (χ1) is 14.1. The summed E-state index contributed by atoms with van der Waals surface area (Å²) in [5.41, 5.74) is 0.855. The van der Waals surface area contributed by atoms with Gasteiger partial charge in [-0.15, -0.1) is 0 Å². The van der Waals surface area contributed by atoms with Gasteiger partial charge in [-0.2, -0.15) is 18.2 Å². The van der Waals surface area contributed by atoms with Crippen molar-refractivity contribution in [3.8, 4) is 5.75 Å². The van der Waals surface area contributed by atoms with E-state index in [9.17, 15) is 13.2 Å². The Morgan fingerprint density at radius 2 is 1.53 bits per heavy atom. The Kier molecular flexibility index (Phi) is 5.87. The molecular formula is C22H23F3N4O. The monoisotopic (exact) mass is 416 g/mol. The molecule has 0 unspecified atom stereocenters. The van der Waals surface area contributed by atoms with Crippen LogP contribution >= 0.6 is 0 Å². The van der Waals surface area contributed by atoms with E-state index in [-0.39, 0.29) is 17.2 Å².